The maximum absolute atomic E-state index is 13.5. The number of rotatable bonds is 4. The van der Waals surface area contributed by atoms with Gasteiger partial charge in [-0.15, -0.1) is 0 Å². The van der Waals surface area contributed by atoms with Gasteiger partial charge in [-0.05, 0) is 25.7 Å². The first-order chi connectivity index (χ1) is 13.8. The highest BCUT2D eigenvalue weighted by molar-refractivity contribution is 5.91. The van der Waals surface area contributed by atoms with E-state index in [0.29, 0.717) is 49.6 Å². The second-order valence-electron chi connectivity index (χ2n) is 7.71. The van der Waals surface area contributed by atoms with Crippen molar-refractivity contribution in [2.75, 3.05) is 18.4 Å². The third kappa shape index (κ3) is 3.72. The van der Waals surface area contributed by atoms with Gasteiger partial charge < -0.3 is 14.7 Å². The summed E-state index contributed by atoms with van der Waals surface area (Å²) in [4.78, 5) is 14.3. The Balaban J connectivity index is 1.52. The summed E-state index contributed by atoms with van der Waals surface area (Å²) in [5.74, 6) is 0.228. The Kier molecular flexibility index (Phi) is 5.04. The van der Waals surface area contributed by atoms with Crippen molar-refractivity contribution >= 4 is 11.7 Å². The predicted molar refractivity (Wildman–Crippen MR) is 98.8 cm³/mol. The molecule has 0 aromatic carbocycles. The Morgan fingerprint density at radius 1 is 1.34 bits per heavy atom. The summed E-state index contributed by atoms with van der Waals surface area (Å²) in [5.41, 5.74) is 1.29. The Morgan fingerprint density at radius 2 is 2.14 bits per heavy atom. The lowest BCUT2D eigenvalue weighted by Crippen LogP contribution is -2.38. The molecule has 2 aliphatic rings. The first kappa shape index (κ1) is 19.8. The first-order valence-corrected chi connectivity index (χ1v) is 9.97. The number of hydrogen-bond donors (Lipinski definition) is 1. The van der Waals surface area contributed by atoms with Crippen LogP contribution in [0.5, 0.6) is 0 Å². The molecule has 10 heteroatoms. The van der Waals surface area contributed by atoms with Gasteiger partial charge >= 0.3 is 6.18 Å². The van der Waals surface area contributed by atoms with Crippen LogP contribution in [0, 0.1) is 0 Å². The monoisotopic (exact) mass is 411 g/mol. The van der Waals surface area contributed by atoms with E-state index >= 15 is 0 Å². The predicted octanol–water partition coefficient (Wildman–Crippen LogP) is 3.76. The molecular weight excluding hydrogens is 387 g/mol. The maximum atomic E-state index is 13.5. The topological polar surface area (TPSA) is 76.2 Å². The van der Waals surface area contributed by atoms with E-state index in [-0.39, 0.29) is 30.0 Å². The van der Waals surface area contributed by atoms with E-state index in [1.807, 2.05) is 13.8 Å². The number of hydrogen-bond acceptors (Lipinski definition) is 5. The van der Waals surface area contributed by atoms with Crippen molar-refractivity contribution in [2.45, 2.75) is 63.7 Å². The van der Waals surface area contributed by atoms with E-state index in [2.05, 4.69) is 15.6 Å². The number of amides is 1. The van der Waals surface area contributed by atoms with E-state index in [4.69, 9.17) is 4.52 Å². The largest absolute Gasteiger partial charge is 0.410 e. The van der Waals surface area contributed by atoms with Gasteiger partial charge in [-0.3, -0.25) is 4.79 Å². The highest BCUT2D eigenvalue weighted by atomic mass is 19.4. The minimum absolute atomic E-state index is 0.0331. The molecule has 0 saturated carbocycles. The molecule has 7 nitrogen and oxygen atoms in total. The van der Waals surface area contributed by atoms with E-state index in [1.54, 1.807) is 17.0 Å². The zero-order valence-corrected chi connectivity index (χ0v) is 16.4. The van der Waals surface area contributed by atoms with Crippen molar-refractivity contribution in [3.8, 4) is 0 Å². The van der Waals surface area contributed by atoms with Gasteiger partial charge in [0.15, 0.2) is 6.04 Å². The Hall–Kier alpha value is -2.52. The molecule has 0 radical (unpaired) electrons. The van der Waals surface area contributed by atoms with Crippen molar-refractivity contribution in [3.05, 3.63) is 29.3 Å². The number of carbonyl (C=O) groups is 1. The van der Waals surface area contributed by atoms with Crippen molar-refractivity contribution in [1.29, 1.82) is 0 Å². The van der Waals surface area contributed by atoms with Gasteiger partial charge in [0.05, 0.1) is 11.4 Å². The van der Waals surface area contributed by atoms with E-state index in [9.17, 15) is 18.0 Å². The molecule has 4 rings (SSSR count). The molecular formula is C19H24F3N5O2. The maximum Gasteiger partial charge on any atom is 0.410 e. The quantitative estimate of drug-likeness (QED) is 0.829. The van der Waals surface area contributed by atoms with Crippen LogP contribution in [-0.4, -0.2) is 51.1 Å². The van der Waals surface area contributed by atoms with E-state index in [0.717, 1.165) is 4.68 Å². The number of fused-ring (bicyclic) bond motifs is 1. The number of carbonyl (C=O) groups excluding carboxylic acids is 1. The number of nitrogens with one attached hydrogen (secondary N) is 1. The van der Waals surface area contributed by atoms with Crippen molar-refractivity contribution in [3.63, 3.8) is 0 Å². The fourth-order valence-corrected chi connectivity index (χ4v) is 4.06. The molecule has 3 atom stereocenters. The number of likely N-dealkylation sites (tertiary alicyclic amines) is 1. The molecule has 0 aliphatic carbocycles. The van der Waals surface area contributed by atoms with Crippen LogP contribution < -0.4 is 5.32 Å². The van der Waals surface area contributed by atoms with Gasteiger partial charge in [0.2, 0.25) is 5.76 Å². The lowest BCUT2D eigenvalue weighted by atomic mass is 10.0. The van der Waals surface area contributed by atoms with Crippen LogP contribution >= 0.6 is 0 Å². The molecule has 158 valence electrons. The molecule has 1 amide bonds. The van der Waals surface area contributed by atoms with Crippen molar-refractivity contribution in [2.24, 2.45) is 0 Å². The molecule has 2 aliphatic heterocycles. The minimum atomic E-state index is -4.35. The Morgan fingerprint density at radius 3 is 2.79 bits per heavy atom. The molecule has 0 bridgehead atoms. The fraction of sp³-hybridized carbons (Fsp3) is 0.632. The Labute approximate surface area is 166 Å². The lowest BCUT2D eigenvalue weighted by Gasteiger charge is -2.32. The molecule has 1 saturated heterocycles. The molecule has 2 aromatic rings. The smallest absolute Gasteiger partial charge is 0.367 e. The highest BCUT2D eigenvalue weighted by Crippen LogP contribution is 2.41. The normalized spacial score (nSPS) is 24.4. The number of aromatic nitrogens is 3. The number of nitrogens with zero attached hydrogens (tertiary/aromatic N) is 4. The molecule has 2 aromatic heterocycles. The summed E-state index contributed by atoms with van der Waals surface area (Å²) in [5, 5.41) is 11.3. The van der Waals surface area contributed by atoms with Crippen molar-refractivity contribution in [1.82, 2.24) is 19.8 Å². The third-order valence-electron chi connectivity index (χ3n) is 5.81. The summed E-state index contributed by atoms with van der Waals surface area (Å²) in [6.07, 6.45) is -2.46. The summed E-state index contributed by atoms with van der Waals surface area (Å²) in [7, 11) is 0. The molecule has 29 heavy (non-hydrogen) atoms. The molecule has 1 N–H and O–H groups in total. The molecule has 1 fully saturated rings. The molecule has 4 heterocycles. The van der Waals surface area contributed by atoms with Gasteiger partial charge in [0.1, 0.15) is 5.82 Å². The van der Waals surface area contributed by atoms with Gasteiger partial charge in [0, 0.05) is 37.2 Å². The lowest BCUT2D eigenvalue weighted by molar-refractivity contribution is -0.173. The average molecular weight is 411 g/mol. The van der Waals surface area contributed by atoms with Gasteiger partial charge in [-0.1, -0.05) is 19.0 Å². The third-order valence-corrected chi connectivity index (χ3v) is 5.81. The van der Waals surface area contributed by atoms with Crippen LogP contribution in [-0.2, 0) is 6.42 Å². The van der Waals surface area contributed by atoms with E-state index in [1.165, 1.54) is 0 Å². The minimum Gasteiger partial charge on any atom is -0.367 e. The van der Waals surface area contributed by atoms with Gasteiger partial charge in [-0.2, -0.15) is 18.3 Å². The van der Waals surface area contributed by atoms with Crippen LogP contribution in [0.15, 0.2) is 16.7 Å². The second kappa shape index (κ2) is 7.38. The zero-order chi connectivity index (χ0) is 20.8. The van der Waals surface area contributed by atoms with Gasteiger partial charge in [-0.25, -0.2) is 4.68 Å². The van der Waals surface area contributed by atoms with Crippen LogP contribution in [0.2, 0.25) is 0 Å². The average Bonchev–Trinajstić information content (AvgIpc) is 3.43. The fourth-order valence-electron chi connectivity index (χ4n) is 4.06. The van der Waals surface area contributed by atoms with Crippen LogP contribution in [0.4, 0.5) is 19.0 Å². The summed E-state index contributed by atoms with van der Waals surface area (Å²) in [6, 6.07) is 1.47. The van der Waals surface area contributed by atoms with Crippen molar-refractivity contribution < 1.29 is 22.5 Å². The number of alkyl halides is 3. The highest BCUT2D eigenvalue weighted by Gasteiger charge is 2.46. The second-order valence-corrected chi connectivity index (χ2v) is 7.71. The standard InChI is InChI=1S/C19H24F3N5O2/c1-3-12-8-16(19(20,21)22)27-17(23-12)9-14(24-27)11-5-6-26(10-11)18(28)15-7-13(4-2)25-29-15/h7,9,11-12,16,23H,3-6,8,10H2,1-2H3/t11?,12-,16-/m1/s1. The van der Waals surface area contributed by atoms with Crippen LogP contribution in [0.1, 0.15) is 67.0 Å². The number of halogens is 3. The van der Waals surface area contributed by atoms with E-state index < -0.39 is 12.2 Å². The summed E-state index contributed by atoms with van der Waals surface area (Å²) < 4.78 is 46.8. The van der Waals surface area contributed by atoms with Crippen LogP contribution in [0.3, 0.4) is 0 Å². The molecule has 0 spiro atoms. The summed E-state index contributed by atoms with van der Waals surface area (Å²) >= 11 is 0. The number of anilines is 1. The van der Waals surface area contributed by atoms with Gasteiger partial charge in [0.25, 0.3) is 5.91 Å². The first-order valence-electron chi connectivity index (χ1n) is 9.97. The Bertz CT molecular complexity index is 891. The SMILES string of the molecule is CCc1cc(C(=O)N2CCC(c3cc4n(n3)[C@@H](C(F)(F)F)C[C@@H](CC)N4)C2)on1. The number of aryl methyl sites for hydroxylation is 1. The zero-order valence-electron chi connectivity index (χ0n) is 16.4. The summed E-state index contributed by atoms with van der Waals surface area (Å²) in [6.45, 7) is 4.68. The van der Waals surface area contributed by atoms with Crippen LogP contribution in [0.25, 0.3) is 0 Å². The molecule has 1 unspecified atom stereocenters.